The first-order valence-corrected chi connectivity index (χ1v) is 8.98. The molecule has 6 nitrogen and oxygen atoms in total. The maximum absolute atomic E-state index is 12.7. The molecule has 150 valence electrons. The SMILES string of the molecule is CC(C)(C)OC(=O)N1CCN(C(=O)c2c(Br)cccc2OC(F)(F)F)CC1. The first-order chi connectivity index (χ1) is 12.4. The van der Waals surface area contributed by atoms with Crippen molar-refractivity contribution in [1.29, 1.82) is 0 Å². The first kappa shape index (κ1) is 21.3. The molecule has 1 aromatic carbocycles. The van der Waals surface area contributed by atoms with Gasteiger partial charge in [0.2, 0.25) is 0 Å². The standard InChI is InChI=1S/C17H20BrF3N2O4/c1-16(2,3)27-15(25)23-9-7-22(8-10-23)14(24)13-11(18)5-4-6-12(13)26-17(19,20)21/h4-6H,7-10H2,1-3H3. The summed E-state index contributed by atoms with van der Waals surface area (Å²) in [6.07, 6.45) is -5.40. The lowest BCUT2D eigenvalue weighted by molar-refractivity contribution is -0.274. The van der Waals surface area contributed by atoms with Gasteiger partial charge in [-0.05, 0) is 48.8 Å². The summed E-state index contributed by atoms with van der Waals surface area (Å²) in [7, 11) is 0. The molecule has 1 fully saturated rings. The molecule has 0 atom stereocenters. The molecule has 0 radical (unpaired) electrons. The third-order valence-corrected chi connectivity index (χ3v) is 4.29. The second-order valence-corrected chi connectivity index (χ2v) is 7.77. The van der Waals surface area contributed by atoms with E-state index in [4.69, 9.17) is 4.74 Å². The molecule has 0 unspecified atom stereocenters. The van der Waals surface area contributed by atoms with Crippen LogP contribution in [0.25, 0.3) is 0 Å². The van der Waals surface area contributed by atoms with E-state index in [0.717, 1.165) is 6.07 Å². The maximum Gasteiger partial charge on any atom is 0.573 e. The van der Waals surface area contributed by atoms with E-state index in [0.29, 0.717) is 0 Å². The molecule has 1 saturated heterocycles. The minimum absolute atomic E-state index is 0.171. The Labute approximate surface area is 163 Å². The van der Waals surface area contributed by atoms with Crippen LogP contribution in [-0.2, 0) is 4.74 Å². The summed E-state index contributed by atoms with van der Waals surface area (Å²) in [5.74, 6) is -1.18. The van der Waals surface area contributed by atoms with Crippen LogP contribution >= 0.6 is 15.9 Å². The van der Waals surface area contributed by atoms with E-state index in [-0.39, 0.29) is 36.2 Å². The third-order valence-electron chi connectivity index (χ3n) is 3.63. The number of benzene rings is 1. The monoisotopic (exact) mass is 452 g/mol. The minimum atomic E-state index is -4.91. The summed E-state index contributed by atoms with van der Waals surface area (Å²) in [5.41, 5.74) is -0.844. The molecule has 1 heterocycles. The summed E-state index contributed by atoms with van der Waals surface area (Å²) in [6.45, 7) is 6.04. The van der Waals surface area contributed by atoms with Crippen molar-refractivity contribution >= 4 is 27.9 Å². The number of hydrogen-bond acceptors (Lipinski definition) is 4. The molecule has 1 aliphatic heterocycles. The van der Waals surface area contributed by atoms with Gasteiger partial charge < -0.3 is 19.3 Å². The molecule has 0 saturated carbocycles. The summed E-state index contributed by atoms with van der Waals surface area (Å²) < 4.78 is 47.3. The number of amides is 2. The van der Waals surface area contributed by atoms with Gasteiger partial charge in [0.1, 0.15) is 11.4 Å². The van der Waals surface area contributed by atoms with Crippen LogP contribution in [0.1, 0.15) is 31.1 Å². The average Bonchev–Trinajstić information content (AvgIpc) is 2.51. The smallest absolute Gasteiger partial charge is 0.444 e. The van der Waals surface area contributed by atoms with Crippen LogP contribution in [0, 0.1) is 0 Å². The first-order valence-electron chi connectivity index (χ1n) is 8.19. The molecule has 0 aliphatic carbocycles. The highest BCUT2D eigenvalue weighted by molar-refractivity contribution is 9.10. The van der Waals surface area contributed by atoms with Gasteiger partial charge in [-0.2, -0.15) is 0 Å². The average molecular weight is 453 g/mol. The molecule has 1 aromatic rings. The molecule has 0 spiro atoms. The van der Waals surface area contributed by atoms with E-state index >= 15 is 0 Å². The largest absolute Gasteiger partial charge is 0.573 e. The number of halogens is 4. The van der Waals surface area contributed by atoms with E-state index in [1.165, 1.54) is 21.9 Å². The lowest BCUT2D eigenvalue weighted by atomic mass is 10.1. The topological polar surface area (TPSA) is 59.1 Å². The number of hydrogen-bond donors (Lipinski definition) is 0. The third kappa shape index (κ3) is 6.02. The van der Waals surface area contributed by atoms with Crippen molar-refractivity contribution in [2.75, 3.05) is 26.2 Å². The molecule has 10 heteroatoms. The van der Waals surface area contributed by atoms with E-state index in [1.807, 2.05) is 0 Å². The molecular formula is C17H20BrF3N2O4. The van der Waals surface area contributed by atoms with Crippen molar-refractivity contribution in [3.05, 3.63) is 28.2 Å². The second-order valence-electron chi connectivity index (χ2n) is 6.92. The normalized spacial score (nSPS) is 15.5. The summed E-state index contributed by atoms with van der Waals surface area (Å²) in [5, 5.41) is 0. The number of piperazine rings is 1. The Bertz CT molecular complexity index is 711. The van der Waals surface area contributed by atoms with Crippen LogP contribution in [0.2, 0.25) is 0 Å². The summed E-state index contributed by atoms with van der Waals surface area (Å²) >= 11 is 3.11. The van der Waals surface area contributed by atoms with Crippen molar-refractivity contribution in [3.63, 3.8) is 0 Å². The zero-order valence-electron chi connectivity index (χ0n) is 15.1. The number of carbonyl (C=O) groups excluding carboxylic acids is 2. The maximum atomic E-state index is 12.7. The molecule has 2 amide bonds. The Hall–Kier alpha value is -1.97. The molecule has 27 heavy (non-hydrogen) atoms. The van der Waals surface area contributed by atoms with Gasteiger partial charge in [-0.25, -0.2) is 4.79 Å². The summed E-state index contributed by atoms with van der Waals surface area (Å²) in [4.78, 5) is 27.7. The van der Waals surface area contributed by atoms with Crippen molar-refractivity contribution in [3.8, 4) is 5.75 Å². The van der Waals surface area contributed by atoms with Crippen molar-refractivity contribution in [1.82, 2.24) is 9.80 Å². The Morgan fingerprint density at radius 2 is 1.59 bits per heavy atom. The fraction of sp³-hybridized carbons (Fsp3) is 0.529. The van der Waals surface area contributed by atoms with E-state index < -0.39 is 29.7 Å². The lowest BCUT2D eigenvalue weighted by Gasteiger charge is -2.36. The van der Waals surface area contributed by atoms with Crippen LogP contribution in [-0.4, -0.2) is 59.9 Å². The number of carbonyl (C=O) groups is 2. The summed E-state index contributed by atoms with van der Waals surface area (Å²) in [6, 6.07) is 3.90. The Morgan fingerprint density at radius 1 is 1.04 bits per heavy atom. The van der Waals surface area contributed by atoms with Gasteiger partial charge in [-0.1, -0.05) is 6.07 Å². The van der Waals surface area contributed by atoms with Crippen LogP contribution in [0.15, 0.2) is 22.7 Å². The number of nitrogens with zero attached hydrogens (tertiary/aromatic N) is 2. The molecular weight excluding hydrogens is 433 g/mol. The Morgan fingerprint density at radius 3 is 2.11 bits per heavy atom. The zero-order chi connectivity index (χ0) is 20.4. The van der Waals surface area contributed by atoms with Gasteiger partial charge in [0.05, 0.1) is 5.56 Å². The highest BCUT2D eigenvalue weighted by Gasteiger charge is 2.35. The predicted molar refractivity (Wildman–Crippen MR) is 94.5 cm³/mol. The molecule has 2 rings (SSSR count). The molecule has 0 bridgehead atoms. The number of alkyl halides is 3. The number of ether oxygens (including phenoxy) is 2. The Kier molecular flexibility index (Phi) is 6.28. The van der Waals surface area contributed by atoms with Gasteiger partial charge in [-0.3, -0.25) is 4.79 Å². The highest BCUT2D eigenvalue weighted by atomic mass is 79.9. The van der Waals surface area contributed by atoms with Gasteiger partial charge >= 0.3 is 12.5 Å². The van der Waals surface area contributed by atoms with Gasteiger partial charge in [0.25, 0.3) is 5.91 Å². The van der Waals surface area contributed by atoms with Crippen LogP contribution in [0.5, 0.6) is 5.75 Å². The van der Waals surface area contributed by atoms with Gasteiger partial charge in [0.15, 0.2) is 0 Å². The predicted octanol–water partition coefficient (Wildman–Crippen LogP) is 4.04. The molecule has 0 aromatic heterocycles. The zero-order valence-corrected chi connectivity index (χ0v) is 16.7. The van der Waals surface area contributed by atoms with E-state index in [2.05, 4.69) is 20.7 Å². The quantitative estimate of drug-likeness (QED) is 0.679. The molecule has 0 N–H and O–H groups in total. The van der Waals surface area contributed by atoms with E-state index in [1.54, 1.807) is 20.8 Å². The second kappa shape index (κ2) is 7.95. The lowest BCUT2D eigenvalue weighted by Crippen LogP contribution is -2.51. The fourth-order valence-corrected chi connectivity index (χ4v) is 3.02. The van der Waals surface area contributed by atoms with Crippen LogP contribution in [0.3, 0.4) is 0 Å². The van der Waals surface area contributed by atoms with Gasteiger partial charge in [-0.15, -0.1) is 13.2 Å². The van der Waals surface area contributed by atoms with Crippen molar-refractivity contribution in [2.24, 2.45) is 0 Å². The Balaban J connectivity index is 2.09. The van der Waals surface area contributed by atoms with Gasteiger partial charge in [0, 0.05) is 30.7 Å². The fourth-order valence-electron chi connectivity index (χ4n) is 2.50. The minimum Gasteiger partial charge on any atom is -0.444 e. The van der Waals surface area contributed by atoms with E-state index in [9.17, 15) is 22.8 Å². The number of rotatable bonds is 2. The highest BCUT2D eigenvalue weighted by Crippen LogP contribution is 2.32. The van der Waals surface area contributed by atoms with Crippen molar-refractivity contribution in [2.45, 2.75) is 32.7 Å². The van der Waals surface area contributed by atoms with Crippen LogP contribution in [0.4, 0.5) is 18.0 Å². The van der Waals surface area contributed by atoms with Crippen LogP contribution < -0.4 is 4.74 Å². The molecule has 1 aliphatic rings. The van der Waals surface area contributed by atoms with Crippen molar-refractivity contribution < 1.29 is 32.2 Å².